The number of fused-ring (bicyclic) bond motifs is 3. The van der Waals surface area contributed by atoms with Crippen LogP contribution >= 0.6 is 0 Å². The SMILES string of the molecule is O=C(C[N+]12CCC(CC1)C(OC(=O)C1(c3ccccc3)CCCCCC1)C2)Nc1ncccc1F. The zero-order valence-electron chi connectivity index (χ0n) is 20.3. The summed E-state index contributed by atoms with van der Waals surface area (Å²) >= 11 is 0. The molecule has 1 aromatic heterocycles. The number of nitrogens with one attached hydrogen (secondary N) is 1. The Labute approximate surface area is 206 Å². The lowest BCUT2D eigenvalue weighted by molar-refractivity contribution is -0.939. The maximum Gasteiger partial charge on any atom is 0.317 e. The van der Waals surface area contributed by atoms with Crippen molar-refractivity contribution in [2.24, 2.45) is 5.92 Å². The highest BCUT2D eigenvalue weighted by Gasteiger charge is 2.51. The summed E-state index contributed by atoms with van der Waals surface area (Å²) in [6.45, 7) is 2.63. The van der Waals surface area contributed by atoms with Crippen molar-refractivity contribution in [2.75, 3.05) is 31.5 Å². The number of aromatic nitrogens is 1. The fourth-order valence-electron chi connectivity index (χ4n) is 6.48. The molecule has 35 heavy (non-hydrogen) atoms. The highest BCUT2D eigenvalue weighted by molar-refractivity contribution is 5.90. The summed E-state index contributed by atoms with van der Waals surface area (Å²) in [6, 6.07) is 12.9. The molecular weight excluding hydrogens is 445 g/mol. The van der Waals surface area contributed by atoms with Gasteiger partial charge in [-0.25, -0.2) is 9.37 Å². The summed E-state index contributed by atoms with van der Waals surface area (Å²) in [7, 11) is 0. The maximum atomic E-state index is 14.0. The van der Waals surface area contributed by atoms with E-state index in [4.69, 9.17) is 4.74 Å². The number of rotatable bonds is 6. The third kappa shape index (κ3) is 4.96. The Hall–Kier alpha value is -2.80. The van der Waals surface area contributed by atoms with Crippen molar-refractivity contribution in [3.05, 3.63) is 60.0 Å². The van der Waals surface area contributed by atoms with E-state index in [1.165, 1.54) is 18.3 Å². The third-order valence-corrected chi connectivity index (χ3v) is 8.47. The molecule has 1 saturated carbocycles. The molecule has 7 heteroatoms. The molecule has 2 aromatic rings. The van der Waals surface area contributed by atoms with Crippen molar-refractivity contribution in [1.29, 1.82) is 0 Å². The van der Waals surface area contributed by atoms with Gasteiger partial charge in [-0.2, -0.15) is 0 Å². The number of esters is 1. The van der Waals surface area contributed by atoms with Crippen LogP contribution in [0.4, 0.5) is 10.2 Å². The van der Waals surface area contributed by atoms with Gasteiger partial charge in [-0.05, 0) is 30.5 Å². The van der Waals surface area contributed by atoms with Crippen LogP contribution in [0.1, 0.15) is 56.9 Å². The largest absolute Gasteiger partial charge is 0.455 e. The number of anilines is 1. The van der Waals surface area contributed by atoms with E-state index in [0.29, 0.717) is 16.9 Å². The van der Waals surface area contributed by atoms with E-state index < -0.39 is 11.2 Å². The first-order valence-electron chi connectivity index (χ1n) is 13.0. The Balaban J connectivity index is 1.30. The second-order valence-electron chi connectivity index (χ2n) is 10.7. The van der Waals surface area contributed by atoms with Crippen LogP contribution in [0.2, 0.25) is 0 Å². The van der Waals surface area contributed by atoms with Gasteiger partial charge in [0, 0.05) is 25.0 Å². The fraction of sp³-hybridized carbons (Fsp3) is 0.536. The Kier molecular flexibility index (Phi) is 6.87. The Bertz CT molecular complexity index is 1040. The Morgan fingerprint density at radius 1 is 1.03 bits per heavy atom. The lowest BCUT2D eigenvalue weighted by atomic mass is 9.74. The van der Waals surface area contributed by atoms with Crippen LogP contribution in [0.3, 0.4) is 0 Å². The molecule has 1 amide bonds. The number of hydrogen-bond acceptors (Lipinski definition) is 4. The molecule has 1 aliphatic carbocycles. The normalized spacial score (nSPS) is 27.6. The minimum absolute atomic E-state index is 0.0382. The molecule has 0 spiro atoms. The number of hydrogen-bond donors (Lipinski definition) is 1. The van der Waals surface area contributed by atoms with Gasteiger partial charge in [0.05, 0.1) is 18.5 Å². The summed E-state index contributed by atoms with van der Waals surface area (Å²) in [5.41, 5.74) is 0.483. The smallest absolute Gasteiger partial charge is 0.317 e. The van der Waals surface area contributed by atoms with Crippen LogP contribution in [-0.4, -0.2) is 53.6 Å². The van der Waals surface area contributed by atoms with E-state index in [-0.39, 0.29) is 30.3 Å². The van der Waals surface area contributed by atoms with Crippen LogP contribution in [0, 0.1) is 11.7 Å². The van der Waals surface area contributed by atoms with Gasteiger partial charge in [0.1, 0.15) is 6.54 Å². The standard InChI is InChI=1S/C28H34FN3O3/c29-23-11-8-16-30-26(23)31-25(33)20-32-17-12-21(13-18-32)24(19-32)35-27(34)28(14-6-1-2-7-15-28)22-9-4-3-5-10-22/h3-5,8-11,16,21,24H,1-2,6-7,12-15,17-20H2/p+1. The number of piperidine rings is 3. The van der Waals surface area contributed by atoms with E-state index in [2.05, 4.69) is 22.4 Å². The van der Waals surface area contributed by atoms with Crippen LogP contribution in [0.25, 0.3) is 0 Å². The van der Waals surface area contributed by atoms with Gasteiger partial charge in [0.25, 0.3) is 5.91 Å². The number of amides is 1. The Morgan fingerprint density at radius 2 is 1.74 bits per heavy atom. The van der Waals surface area contributed by atoms with Gasteiger partial charge < -0.3 is 14.5 Å². The Morgan fingerprint density at radius 3 is 2.43 bits per heavy atom. The molecule has 4 aliphatic rings. The number of carbonyl (C=O) groups is 2. The molecule has 4 heterocycles. The van der Waals surface area contributed by atoms with E-state index in [0.717, 1.165) is 70.0 Å². The van der Waals surface area contributed by atoms with Gasteiger partial charge in [-0.15, -0.1) is 0 Å². The highest BCUT2D eigenvalue weighted by atomic mass is 19.1. The first-order chi connectivity index (χ1) is 17.0. The molecule has 1 N–H and O–H groups in total. The maximum absolute atomic E-state index is 14.0. The predicted molar refractivity (Wildman–Crippen MR) is 131 cm³/mol. The number of pyridine rings is 1. The number of quaternary nitrogens is 1. The highest BCUT2D eigenvalue weighted by Crippen LogP contribution is 2.42. The van der Waals surface area contributed by atoms with E-state index >= 15 is 0 Å². The van der Waals surface area contributed by atoms with Gasteiger partial charge in [-0.1, -0.05) is 56.0 Å². The zero-order valence-corrected chi connectivity index (χ0v) is 20.3. The monoisotopic (exact) mass is 480 g/mol. The zero-order chi connectivity index (χ0) is 24.3. The van der Waals surface area contributed by atoms with E-state index in [1.54, 1.807) is 0 Å². The summed E-state index contributed by atoms with van der Waals surface area (Å²) in [5, 5.41) is 2.63. The average Bonchev–Trinajstić information content (AvgIpc) is 3.14. The molecule has 186 valence electrons. The van der Waals surface area contributed by atoms with Gasteiger partial charge >= 0.3 is 5.97 Å². The topological polar surface area (TPSA) is 68.3 Å². The number of carbonyl (C=O) groups excluding carboxylic acids is 2. The fourth-order valence-corrected chi connectivity index (χ4v) is 6.48. The first-order valence-corrected chi connectivity index (χ1v) is 13.0. The van der Waals surface area contributed by atoms with Crippen LogP contribution in [-0.2, 0) is 19.7 Å². The van der Waals surface area contributed by atoms with Crippen molar-refractivity contribution in [2.45, 2.75) is 62.9 Å². The first kappa shape index (κ1) is 23.9. The van der Waals surface area contributed by atoms with Crippen molar-refractivity contribution in [3.63, 3.8) is 0 Å². The minimum Gasteiger partial charge on any atom is -0.455 e. The lowest BCUT2D eigenvalue weighted by Gasteiger charge is -2.52. The molecule has 6 rings (SSSR count). The van der Waals surface area contributed by atoms with Crippen LogP contribution < -0.4 is 5.32 Å². The lowest BCUT2D eigenvalue weighted by Crippen LogP contribution is -2.66. The number of halogens is 1. The molecular formula is C28H35FN3O3+. The van der Waals surface area contributed by atoms with E-state index in [9.17, 15) is 14.0 Å². The molecule has 4 fully saturated rings. The minimum atomic E-state index is -0.581. The van der Waals surface area contributed by atoms with Crippen molar-refractivity contribution < 1.29 is 23.2 Å². The molecule has 1 unspecified atom stereocenters. The molecule has 1 aromatic carbocycles. The average molecular weight is 481 g/mol. The van der Waals surface area contributed by atoms with Crippen molar-refractivity contribution in [3.8, 4) is 0 Å². The summed E-state index contributed by atoms with van der Waals surface area (Å²) in [6.07, 6.45) is 9.15. The second-order valence-corrected chi connectivity index (χ2v) is 10.7. The van der Waals surface area contributed by atoms with Crippen molar-refractivity contribution >= 4 is 17.7 Å². The molecule has 0 radical (unpaired) electrons. The van der Waals surface area contributed by atoms with Gasteiger partial charge in [0.15, 0.2) is 24.3 Å². The summed E-state index contributed by atoms with van der Waals surface area (Å²) in [4.78, 5) is 30.6. The van der Waals surface area contributed by atoms with Crippen LogP contribution in [0.5, 0.6) is 0 Å². The number of benzene rings is 1. The summed E-state index contributed by atoms with van der Waals surface area (Å²) < 4.78 is 20.9. The number of ether oxygens (including phenoxy) is 1. The van der Waals surface area contributed by atoms with Crippen LogP contribution in [0.15, 0.2) is 48.7 Å². The molecule has 1 atom stereocenters. The molecule has 6 nitrogen and oxygen atoms in total. The quantitative estimate of drug-likeness (QED) is 0.373. The van der Waals surface area contributed by atoms with E-state index in [1.807, 2.05) is 18.2 Å². The molecule has 2 bridgehead atoms. The number of nitrogens with zero attached hydrogens (tertiary/aromatic N) is 2. The second kappa shape index (κ2) is 10.1. The van der Waals surface area contributed by atoms with Gasteiger partial charge in [0.2, 0.25) is 0 Å². The van der Waals surface area contributed by atoms with Gasteiger partial charge in [-0.3, -0.25) is 9.59 Å². The predicted octanol–water partition coefficient (Wildman–Crippen LogP) is 4.60. The van der Waals surface area contributed by atoms with Crippen molar-refractivity contribution in [1.82, 2.24) is 4.98 Å². The molecule has 3 saturated heterocycles. The molecule has 3 aliphatic heterocycles. The summed E-state index contributed by atoms with van der Waals surface area (Å²) in [5.74, 6) is -0.586. The third-order valence-electron chi connectivity index (χ3n) is 8.47.